The largest absolute Gasteiger partial charge is 0.432 e. The minimum absolute atomic E-state index is 0.0293. The van der Waals surface area contributed by atoms with Crippen LogP contribution in [0.5, 0.6) is 5.75 Å². The molecule has 1 amide bonds. The van der Waals surface area contributed by atoms with E-state index in [1.54, 1.807) is 16.9 Å². The summed E-state index contributed by atoms with van der Waals surface area (Å²) in [4.78, 5) is 16.9. The van der Waals surface area contributed by atoms with Crippen molar-refractivity contribution in [2.75, 3.05) is 5.32 Å². The summed E-state index contributed by atoms with van der Waals surface area (Å²) in [6, 6.07) is 6.02. The highest BCUT2D eigenvalue weighted by atomic mass is 79.9. The van der Waals surface area contributed by atoms with Crippen molar-refractivity contribution < 1.29 is 22.7 Å². The molecule has 0 saturated carbocycles. The average Bonchev–Trinajstić information content (AvgIpc) is 3.32. The third-order valence-corrected chi connectivity index (χ3v) is 4.86. The van der Waals surface area contributed by atoms with Crippen molar-refractivity contribution in [3.05, 3.63) is 58.7 Å². The van der Waals surface area contributed by atoms with Crippen molar-refractivity contribution in [2.24, 2.45) is 0 Å². The molecule has 0 fully saturated rings. The Kier molecular flexibility index (Phi) is 5.63. The van der Waals surface area contributed by atoms with Gasteiger partial charge in [-0.1, -0.05) is 0 Å². The molecule has 3 heterocycles. The second-order valence-electron chi connectivity index (χ2n) is 6.28. The van der Waals surface area contributed by atoms with Crippen LogP contribution in [0.3, 0.4) is 0 Å². The van der Waals surface area contributed by atoms with E-state index in [0.717, 1.165) is 22.7 Å². The van der Waals surface area contributed by atoms with Crippen molar-refractivity contribution in [3.63, 3.8) is 0 Å². The average molecular weight is 495 g/mol. The number of aromatic nitrogens is 5. The van der Waals surface area contributed by atoms with E-state index in [2.05, 4.69) is 41.2 Å². The summed E-state index contributed by atoms with van der Waals surface area (Å²) in [6.07, 6.45) is 3.37. The molecule has 31 heavy (non-hydrogen) atoms. The molecule has 4 aromatic rings. The number of fused-ring (bicyclic) bond motifs is 1. The minimum atomic E-state index is -3.18. The van der Waals surface area contributed by atoms with E-state index in [4.69, 9.17) is 0 Å². The van der Waals surface area contributed by atoms with Gasteiger partial charge < -0.3 is 10.1 Å². The highest BCUT2D eigenvalue weighted by Gasteiger charge is 2.19. The summed E-state index contributed by atoms with van der Waals surface area (Å²) >= 11 is 3.46. The zero-order valence-electron chi connectivity index (χ0n) is 15.9. The first kappa shape index (κ1) is 20.8. The van der Waals surface area contributed by atoms with Crippen LogP contribution in [0.15, 0.2) is 47.2 Å². The van der Waals surface area contributed by atoms with Crippen molar-refractivity contribution in [1.29, 1.82) is 0 Å². The van der Waals surface area contributed by atoms with Gasteiger partial charge in [-0.2, -0.15) is 19.0 Å². The van der Waals surface area contributed by atoms with Gasteiger partial charge in [-0.3, -0.25) is 9.48 Å². The molecular weight excluding hydrogens is 481 g/mol. The van der Waals surface area contributed by atoms with E-state index in [9.17, 15) is 18.0 Å². The third-order valence-electron chi connectivity index (χ3n) is 4.28. The van der Waals surface area contributed by atoms with Crippen LogP contribution in [-0.2, 0) is 6.54 Å². The number of nitrogens with zero attached hydrogens (tertiary/aromatic N) is 5. The van der Waals surface area contributed by atoms with Gasteiger partial charge in [0.1, 0.15) is 11.5 Å². The molecule has 0 bridgehead atoms. The standard InChI is InChI=1S/C19H14BrF3N6O2/c1-2-28-9-11(20)17(27-28)14-5-6-24-16-8-13(26-29(14)16)18(30)25-12-4-3-10(21)7-15(12)31-19(22)23/h3-9,19H,2H2,1H3,(H,25,30). The van der Waals surface area contributed by atoms with Crippen LogP contribution >= 0.6 is 15.9 Å². The highest BCUT2D eigenvalue weighted by Crippen LogP contribution is 2.29. The van der Waals surface area contributed by atoms with Crippen LogP contribution < -0.4 is 10.1 Å². The number of benzene rings is 1. The number of halogens is 4. The van der Waals surface area contributed by atoms with E-state index in [-0.39, 0.29) is 11.4 Å². The maximum atomic E-state index is 13.4. The summed E-state index contributed by atoms with van der Waals surface area (Å²) < 4.78 is 46.8. The molecule has 0 unspecified atom stereocenters. The third kappa shape index (κ3) is 4.24. The number of alkyl halides is 2. The van der Waals surface area contributed by atoms with Crippen molar-refractivity contribution in [3.8, 4) is 17.1 Å². The quantitative estimate of drug-likeness (QED) is 0.430. The number of nitrogens with one attached hydrogen (secondary N) is 1. The summed E-state index contributed by atoms with van der Waals surface area (Å²) in [5.74, 6) is -1.99. The van der Waals surface area contributed by atoms with Crippen LogP contribution in [0.2, 0.25) is 0 Å². The Morgan fingerprint density at radius 3 is 2.77 bits per heavy atom. The number of amides is 1. The monoisotopic (exact) mass is 494 g/mol. The molecule has 0 atom stereocenters. The number of ether oxygens (including phenoxy) is 1. The van der Waals surface area contributed by atoms with Crippen molar-refractivity contribution in [2.45, 2.75) is 20.1 Å². The van der Waals surface area contributed by atoms with Crippen LogP contribution in [0, 0.1) is 5.82 Å². The summed E-state index contributed by atoms with van der Waals surface area (Å²) in [7, 11) is 0. The van der Waals surface area contributed by atoms with Gasteiger partial charge in [0, 0.05) is 31.1 Å². The van der Waals surface area contributed by atoms with Gasteiger partial charge in [0.05, 0.1) is 15.9 Å². The molecule has 1 N–H and O–H groups in total. The number of aryl methyl sites for hydroxylation is 1. The minimum Gasteiger partial charge on any atom is -0.432 e. The van der Waals surface area contributed by atoms with E-state index in [0.29, 0.717) is 23.6 Å². The van der Waals surface area contributed by atoms with Crippen molar-refractivity contribution >= 4 is 33.2 Å². The molecule has 8 nitrogen and oxygen atoms in total. The Morgan fingerprint density at radius 2 is 2.06 bits per heavy atom. The molecule has 0 spiro atoms. The predicted octanol–water partition coefficient (Wildman–Crippen LogP) is 4.37. The normalized spacial score (nSPS) is 11.3. The summed E-state index contributed by atoms with van der Waals surface area (Å²) in [5.41, 5.74) is 1.42. The lowest BCUT2D eigenvalue weighted by Gasteiger charge is -2.11. The summed E-state index contributed by atoms with van der Waals surface area (Å²) in [5, 5.41) is 11.2. The Labute approximate surface area is 181 Å². The smallest absolute Gasteiger partial charge is 0.387 e. The number of rotatable bonds is 6. The van der Waals surface area contributed by atoms with Gasteiger partial charge in [0.2, 0.25) is 0 Å². The molecule has 4 rings (SSSR count). The first-order chi connectivity index (χ1) is 14.9. The number of hydrogen-bond acceptors (Lipinski definition) is 5. The zero-order chi connectivity index (χ0) is 22.1. The van der Waals surface area contributed by atoms with E-state index < -0.39 is 24.1 Å². The van der Waals surface area contributed by atoms with E-state index in [1.165, 1.54) is 10.6 Å². The van der Waals surface area contributed by atoms with Crippen LogP contribution in [-0.4, -0.2) is 36.9 Å². The van der Waals surface area contributed by atoms with Gasteiger partial charge in [-0.05, 0) is 41.1 Å². The molecule has 12 heteroatoms. The Bertz CT molecular complexity index is 1270. The molecule has 1 aromatic carbocycles. The molecule has 3 aromatic heterocycles. The Hall–Kier alpha value is -3.41. The first-order valence-electron chi connectivity index (χ1n) is 8.99. The number of carbonyl (C=O) groups excluding carboxylic acids is 1. The second-order valence-corrected chi connectivity index (χ2v) is 7.14. The van der Waals surface area contributed by atoms with Gasteiger partial charge in [-0.15, -0.1) is 0 Å². The number of carbonyl (C=O) groups is 1. The maximum absolute atomic E-state index is 13.4. The van der Waals surface area contributed by atoms with E-state index >= 15 is 0 Å². The lowest BCUT2D eigenvalue weighted by Crippen LogP contribution is -2.15. The fourth-order valence-electron chi connectivity index (χ4n) is 2.90. The molecular formula is C19H14BrF3N6O2. The number of hydrogen-bond donors (Lipinski definition) is 1. The Morgan fingerprint density at radius 1 is 1.26 bits per heavy atom. The van der Waals surface area contributed by atoms with E-state index in [1.807, 2.05) is 13.1 Å². The number of anilines is 1. The SMILES string of the molecule is CCn1cc(Br)c(-c2ccnc3cc(C(=O)Nc4ccc(F)cc4OC(F)F)nn23)n1. The van der Waals surface area contributed by atoms with Crippen molar-refractivity contribution in [1.82, 2.24) is 24.4 Å². The van der Waals surface area contributed by atoms with Crippen LogP contribution in [0.1, 0.15) is 17.4 Å². The zero-order valence-corrected chi connectivity index (χ0v) is 17.5. The lowest BCUT2D eigenvalue weighted by atomic mass is 10.2. The highest BCUT2D eigenvalue weighted by molar-refractivity contribution is 9.10. The second kappa shape index (κ2) is 8.38. The van der Waals surface area contributed by atoms with Gasteiger partial charge in [0.15, 0.2) is 17.1 Å². The molecule has 0 aliphatic rings. The van der Waals surface area contributed by atoms with Gasteiger partial charge in [-0.25, -0.2) is 13.9 Å². The molecule has 160 valence electrons. The molecule has 0 radical (unpaired) electrons. The maximum Gasteiger partial charge on any atom is 0.387 e. The van der Waals surface area contributed by atoms with Gasteiger partial charge >= 0.3 is 6.61 Å². The van der Waals surface area contributed by atoms with Gasteiger partial charge in [0.25, 0.3) is 5.91 Å². The lowest BCUT2D eigenvalue weighted by molar-refractivity contribution is -0.0495. The fourth-order valence-corrected chi connectivity index (χ4v) is 3.42. The fraction of sp³-hybridized carbons (Fsp3) is 0.158. The molecule has 0 aliphatic heterocycles. The molecule has 0 saturated heterocycles. The summed E-state index contributed by atoms with van der Waals surface area (Å²) in [6.45, 7) is -0.565. The topological polar surface area (TPSA) is 86.3 Å². The van der Waals surface area contributed by atoms with Crippen LogP contribution in [0.25, 0.3) is 17.0 Å². The first-order valence-corrected chi connectivity index (χ1v) is 9.79. The van der Waals surface area contributed by atoms with Crippen LogP contribution in [0.4, 0.5) is 18.9 Å². The Balaban J connectivity index is 1.68. The predicted molar refractivity (Wildman–Crippen MR) is 109 cm³/mol. The molecule has 0 aliphatic carbocycles.